The number of aliphatic hydroxyl groups excluding tert-OH is 1. The number of thiazole rings is 1. The Hall–Kier alpha value is -1.07. The highest BCUT2D eigenvalue weighted by Crippen LogP contribution is 2.26. The summed E-state index contributed by atoms with van der Waals surface area (Å²) in [6, 6.07) is 5.08. The van der Waals surface area contributed by atoms with E-state index in [1.165, 1.54) is 0 Å². The first-order chi connectivity index (χ1) is 9.11. The molecule has 0 fully saturated rings. The maximum Gasteiger partial charge on any atom is 0.193 e. The molecule has 0 saturated carbocycles. The van der Waals surface area contributed by atoms with Crippen molar-refractivity contribution < 1.29 is 5.11 Å². The van der Waals surface area contributed by atoms with E-state index in [1.54, 1.807) is 29.5 Å². The molecule has 2 aromatic heterocycles. The number of nitrogens with zero attached hydrogens (tertiary/aromatic N) is 2. The van der Waals surface area contributed by atoms with E-state index in [0.29, 0.717) is 22.0 Å². The Morgan fingerprint density at radius 1 is 1.26 bits per heavy atom. The predicted octanol–water partition coefficient (Wildman–Crippen LogP) is 3.98. The van der Waals surface area contributed by atoms with Crippen LogP contribution in [0.2, 0.25) is 10.0 Å². The van der Waals surface area contributed by atoms with E-state index in [2.05, 4.69) is 4.98 Å². The van der Waals surface area contributed by atoms with Crippen LogP contribution in [0.4, 0.5) is 0 Å². The first kappa shape index (κ1) is 12.9. The number of imidazole rings is 1. The van der Waals surface area contributed by atoms with Gasteiger partial charge in [-0.2, -0.15) is 0 Å². The zero-order chi connectivity index (χ0) is 13.4. The highest BCUT2D eigenvalue weighted by molar-refractivity contribution is 7.15. The maximum absolute atomic E-state index is 10.2. The molecule has 2 heterocycles. The lowest BCUT2D eigenvalue weighted by atomic mass is 10.1. The molecule has 1 unspecified atom stereocenters. The number of aromatic nitrogens is 2. The quantitative estimate of drug-likeness (QED) is 0.794. The Balaban J connectivity index is 1.84. The molecule has 0 radical (unpaired) electrons. The maximum atomic E-state index is 10.2. The van der Waals surface area contributed by atoms with Crippen LogP contribution in [0.25, 0.3) is 4.96 Å². The van der Waals surface area contributed by atoms with Crippen LogP contribution >= 0.6 is 34.5 Å². The number of hydrogen-bond donors (Lipinski definition) is 1. The fraction of sp³-hybridized carbons (Fsp3) is 0.154. The molecule has 3 nitrogen and oxygen atoms in total. The van der Waals surface area contributed by atoms with E-state index in [4.69, 9.17) is 23.2 Å². The van der Waals surface area contributed by atoms with E-state index in [-0.39, 0.29) is 0 Å². The molecule has 0 bridgehead atoms. The molecule has 1 N–H and O–H groups in total. The van der Waals surface area contributed by atoms with Gasteiger partial charge in [-0.1, -0.05) is 23.2 Å². The topological polar surface area (TPSA) is 37.5 Å². The molecule has 3 rings (SSSR count). The van der Waals surface area contributed by atoms with Crippen LogP contribution in [0, 0.1) is 0 Å². The van der Waals surface area contributed by atoms with E-state index < -0.39 is 6.10 Å². The predicted molar refractivity (Wildman–Crippen MR) is 78.2 cm³/mol. The fourth-order valence-electron chi connectivity index (χ4n) is 1.96. The summed E-state index contributed by atoms with van der Waals surface area (Å²) in [4.78, 5) is 5.36. The number of halogens is 2. The van der Waals surface area contributed by atoms with Crippen molar-refractivity contribution in [1.82, 2.24) is 9.38 Å². The van der Waals surface area contributed by atoms with Gasteiger partial charge in [-0.15, -0.1) is 11.3 Å². The van der Waals surface area contributed by atoms with E-state index in [1.807, 2.05) is 22.2 Å². The third-order valence-corrected chi connectivity index (χ3v) is 4.02. The lowest BCUT2D eigenvalue weighted by Crippen LogP contribution is -2.02. The summed E-state index contributed by atoms with van der Waals surface area (Å²) >= 11 is 13.4. The molecule has 0 spiro atoms. The summed E-state index contributed by atoms with van der Waals surface area (Å²) in [7, 11) is 0. The minimum Gasteiger partial charge on any atom is -0.388 e. The van der Waals surface area contributed by atoms with Gasteiger partial charge in [0.15, 0.2) is 4.96 Å². The molecule has 6 heteroatoms. The summed E-state index contributed by atoms with van der Waals surface area (Å²) in [5, 5.41) is 13.2. The van der Waals surface area contributed by atoms with Crippen LogP contribution in [0.5, 0.6) is 0 Å². The van der Waals surface area contributed by atoms with Crippen molar-refractivity contribution in [2.45, 2.75) is 12.5 Å². The van der Waals surface area contributed by atoms with Gasteiger partial charge in [0.1, 0.15) is 0 Å². The van der Waals surface area contributed by atoms with Crippen molar-refractivity contribution in [2.24, 2.45) is 0 Å². The third kappa shape index (κ3) is 2.77. The normalized spacial score (nSPS) is 13.0. The third-order valence-electron chi connectivity index (χ3n) is 2.82. The minimum absolute atomic E-state index is 0.436. The minimum atomic E-state index is -0.666. The first-order valence-electron chi connectivity index (χ1n) is 5.67. The smallest absolute Gasteiger partial charge is 0.193 e. The number of aliphatic hydroxyl groups is 1. The molecule has 0 amide bonds. The zero-order valence-corrected chi connectivity index (χ0v) is 12.1. The second-order valence-corrected chi connectivity index (χ2v) is 5.99. The van der Waals surface area contributed by atoms with Gasteiger partial charge in [0.25, 0.3) is 0 Å². The van der Waals surface area contributed by atoms with Crippen LogP contribution in [0.1, 0.15) is 17.4 Å². The Morgan fingerprint density at radius 3 is 2.68 bits per heavy atom. The van der Waals surface area contributed by atoms with E-state index in [0.717, 1.165) is 10.7 Å². The number of benzene rings is 1. The van der Waals surface area contributed by atoms with Crippen molar-refractivity contribution in [2.75, 3.05) is 0 Å². The second-order valence-electron chi connectivity index (χ2n) is 4.25. The van der Waals surface area contributed by atoms with E-state index >= 15 is 0 Å². The Labute approximate surface area is 124 Å². The Kier molecular flexibility index (Phi) is 3.50. The van der Waals surface area contributed by atoms with Gasteiger partial charge in [-0.05, 0) is 23.8 Å². The Bertz CT molecular complexity index is 674. The molecule has 0 aliphatic rings. The van der Waals surface area contributed by atoms with Crippen LogP contribution in [-0.2, 0) is 6.42 Å². The van der Waals surface area contributed by atoms with Crippen molar-refractivity contribution in [3.63, 3.8) is 0 Å². The summed E-state index contributed by atoms with van der Waals surface area (Å²) in [6.07, 6.45) is 3.63. The van der Waals surface area contributed by atoms with Crippen LogP contribution in [-0.4, -0.2) is 14.5 Å². The highest BCUT2D eigenvalue weighted by Gasteiger charge is 2.13. The highest BCUT2D eigenvalue weighted by atomic mass is 35.5. The van der Waals surface area contributed by atoms with Crippen LogP contribution in [0.3, 0.4) is 0 Å². The molecule has 1 aromatic carbocycles. The summed E-state index contributed by atoms with van der Waals surface area (Å²) in [6.45, 7) is 0. The van der Waals surface area contributed by atoms with Gasteiger partial charge in [0.2, 0.25) is 0 Å². The molecule has 19 heavy (non-hydrogen) atoms. The monoisotopic (exact) mass is 312 g/mol. The summed E-state index contributed by atoms with van der Waals surface area (Å²) in [5.74, 6) is 0. The number of fused-ring (bicyclic) bond motifs is 1. The lowest BCUT2D eigenvalue weighted by Gasteiger charge is -2.10. The molecule has 1 atom stereocenters. The standard InChI is InChI=1S/C13H10Cl2N2OS/c14-9-3-8(4-10(15)5-9)12(18)6-11-7-17-1-2-19-13(17)16-11/h1-5,7,12,18H,6H2. The number of rotatable bonds is 3. The van der Waals surface area contributed by atoms with Crippen molar-refractivity contribution in [3.8, 4) is 0 Å². The molecular formula is C13H10Cl2N2OS. The molecule has 0 saturated heterocycles. The molecule has 0 aliphatic carbocycles. The van der Waals surface area contributed by atoms with Crippen LogP contribution in [0.15, 0.2) is 36.0 Å². The SMILES string of the molecule is OC(Cc1cn2ccsc2n1)c1cc(Cl)cc(Cl)c1. The molecule has 0 aliphatic heterocycles. The second kappa shape index (κ2) is 5.13. The van der Waals surface area contributed by atoms with E-state index in [9.17, 15) is 5.11 Å². The largest absolute Gasteiger partial charge is 0.388 e. The van der Waals surface area contributed by atoms with Gasteiger partial charge in [-0.3, -0.25) is 4.40 Å². The summed E-state index contributed by atoms with van der Waals surface area (Å²) in [5.41, 5.74) is 1.55. The van der Waals surface area contributed by atoms with Crippen molar-refractivity contribution in [3.05, 3.63) is 57.3 Å². The fourth-order valence-corrected chi connectivity index (χ4v) is 3.22. The number of hydrogen-bond acceptors (Lipinski definition) is 3. The summed E-state index contributed by atoms with van der Waals surface area (Å²) < 4.78 is 1.94. The van der Waals surface area contributed by atoms with Gasteiger partial charge in [0, 0.05) is 34.2 Å². The molecule has 98 valence electrons. The Morgan fingerprint density at radius 2 is 2.00 bits per heavy atom. The first-order valence-corrected chi connectivity index (χ1v) is 7.30. The molecular weight excluding hydrogens is 303 g/mol. The van der Waals surface area contributed by atoms with Gasteiger partial charge < -0.3 is 5.11 Å². The van der Waals surface area contributed by atoms with Gasteiger partial charge in [0.05, 0.1) is 11.8 Å². The van der Waals surface area contributed by atoms with Crippen molar-refractivity contribution >= 4 is 39.5 Å². The zero-order valence-electron chi connectivity index (χ0n) is 9.75. The average Bonchev–Trinajstić information content (AvgIpc) is 2.88. The molecule has 3 aromatic rings. The van der Waals surface area contributed by atoms with Crippen LogP contribution < -0.4 is 0 Å². The van der Waals surface area contributed by atoms with Gasteiger partial charge >= 0.3 is 0 Å². The average molecular weight is 313 g/mol. The van der Waals surface area contributed by atoms with Gasteiger partial charge in [-0.25, -0.2) is 4.98 Å². The lowest BCUT2D eigenvalue weighted by molar-refractivity contribution is 0.177. The van der Waals surface area contributed by atoms with Crippen molar-refractivity contribution in [1.29, 1.82) is 0 Å².